The van der Waals surface area contributed by atoms with Crippen LogP contribution >= 0.6 is 12.2 Å². The van der Waals surface area contributed by atoms with Crippen LogP contribution in [0.2, 0.25) is 0 Å². The lowest BCUT2D eigenvalue weighted by atomic mass is 10.3. The number of carbonyl (C=O) groups excluding carboxylic acids is 1. The van der Waals surface area contributed by atoms with E-state index in [0.29, 0.717) is 35.2 Å². The van der Waals surface area contributed by atoms with Crippen molar-refractivity contribution in [3.8, 4) is 11.5 Å². The zero-order valence-corrected chi connectivity index (χ0v) is 21.0. The van der Waals surface area contributed by atoms with Crippen LogP contribution in [0.3, 0.4) is 0 Å². The number of hydrogen-bond donors (Lipinski definition) is 3. The molecule has 0 bridgehead atoms. The highest BCUT2D eigenvalue weighted by Crippen LogP contribution is 2.18. The summed E-state index contributed by atoms with van der Waals surface area (Å²) in [5.41, 5.74) is 1.79. The van der Waals surface area contributed by atoms with E-state index in [0.717, 1.165) is 0 Å². The molecule has 0 saturated heterocycles. The number of carbonyl (C=O) groups is 1. The highest BCUT2D eigenvalue weighted by Gasteiger charge is 2.16. The number of thiocarbonyl (C=S) groups is 1. The third-order valence-corrected chi connectivity index (χ3v) is 5.94. The van der Waals surface area contributed by atoms with Gasteiger partial charge in [-0.05, 0) is 87.6 Å². The van der Waals surface area contributed by atoms with Gasteiger partial charge in [-0.25, -0.2) is 23.1 Å². The first-order valence-corrected chi connectivity index (χ1v) is 12.5. The molecule has 1 aromatic heterocycles. The minimum absolute atomic E-state index is 0.000969. The average molecular weight is 516 g/mol. The van der Waals surface area contributed by atoms with Gasteiger partial charge in [0.15, 0.2) is 11.7 Å². The third kappa shape index (κ3) is 7.90. The minimum atomic E-state index is -3.88. The predicted molar refractivity (Wildman–Crippen MR) is 136 cm³/mol. The van der Waals surface area contributed by atoms with Gasteiger partial charge in [-0.15, -0.1) is 0 Å². The lowest BCUT2D eigenvalue weighted by Crippen LogP contribution is -2.37. The van der Waals surface area contributed by atoms with Gasteiger partial charge in [0.2, 0.25) is 5.95 Å². The van der Waals surface area contributed by atoms with Gasteiger partial charge in [0.05, 0.1) is 11.5 Å². The van der Waals surface area contributed by atoms with Crippen molar-refractivity contribution >= 4 is 44.9 Å². The predicted octanol–water partition coefficient (Wildman–Crippen LogP) is 3.18. The molecule has 0 atom stereocenters. The van der Waals surface area contributed by atoms with Crippen LogP contribution in [0.5, 0.6) is 11.5 Å². The second-order valence-corrected chi connectivity index (χ2v) is 9.39. The number of amides is 1. The van der Waals surface area contributed by atoms with Crippen molar-refractivity contribution < 1.29 is 22.7 Å². The molecule has 1 amide bonds. The fourth-order valence-corrected chi connectivity index (χ4v) is 4.12. The van der Waals surface area contributed by atoms with Crippen LogP contribution in [0.15, 0.2) is 59.5 Å². The van der Waals surface area contributed by atoms with E-state index in [-0.39, 0.29) is 22.6 Å². The summed E-state index contributed by atoms with van der Waals surface area (Å²) >= 11 is 5.14. The molecule has 184 valence electrons. The molecule has 0 aliphatic carbocycles. The van der Waals surface area contributed by atoms with E-state index in [9.17, 15) is 13.2 Å². The summed E-state index contributed by atoms with van der Waals surface area (Å²) in [7, 11) is -3.88. The molecule has 0 aliphatic heterocycles. The fourth-order valence-electron chi connectivity index (χ4n) is 2.94. The van der Waals surface area contributed by atoms with Gasteiger partial charge in [-0.3, -0.25) is 10.1 Å². The molecule has 2 aromatic carbocycles. The Morgan fingerprint density at radius 1 is 0.943 bits per heavy atom. The van der Waals surface area contributed by atoms with Crippen molar-refractivity contribution in [2.45, 2.75) is 25.7 Å². The fraction of sp³-hybridized carbons (Fsp3) is 0.217. The standard InChI is InChI=1S/C23H25N5O5S2/c1-4-32-18-7-9-19(10-8-18)33-14-21(29)27-23(34)26-17-5-11-20(12-6-17)35(30,31)28-22-24-15(2)13-16(3)25-22/h5-13H,4,14H2,1-3H3,(H,24,25,28)(H2,26,27,29,34). The molecule has 0 radical (unpaired) electrons. The second kappa shape index (κ2) is 11.6. The lowest BCUT2D eigenvalue weighted by molar-refractivity contribution is -0.121. The third-order valence-electron chi connectivity index (χ3n) is 4.39. The number of ether oxygens (including phenoxy) is 2. The zero-order chi connectivity index (χ0) is 25.4. The van der Waals surface area contributed by atoms with Crippen LogP contribution in [-0.4, -0.2) is 42.6 Å². The Balaban J connectivity index is 1.51. The van der Waals surface area contributed by atoms with E-state index in [4.69, 9.17) is 21.7 Å². The van der Waals surface area contributed by atoms with E-state index < -0.39 is 15.9 Å². The molecule has 0 fully saturated rings. The molecular formula is C23H25N5O5S2. The molecule has 0 spiro atoms. The molecule has 35 heavy (non-hydrogen) atoms. The van der Waals surface area contributed by atoms with Crippen molar-refractivity contribution in [3.63, 3.8) is 0 Å². The average Bonchev–Trinajstić information content (AvgIpc) is 2.78. The van der Waals surface area contributed by atoms with Gasteiger partial charge in [-0.1, -0.05) is 0 Å². The van der Waals surface area contributed by atoms with E-state index in [1.54, 1.807) is 44.2 Å². The number of aromatic nitrogens is 2. The number of rotatable bonds is 9. The first kappa shape index (κ1) is 25.8. The zero-order valence-electron chi connectivity index (χ0n) is 19.4. The summed E-state index contributed by atoms with van der Waals surface area (Å²) in [5.74, 6) is 0.774. The van der Waals surface area contributed by atoms with Gasteiger partial charge in [-0.2, -0.15) is 0 Å². The van der Waals surface area contributed by atoms with Crippen LogP contribution in [0.25, 0.3) is 0 Å². The molecule has 3 N–H and O–H groups in total. The molecular weight excluding hydrogens is 490 g/mol. The normalized spacial score (nSPS) is 10.8. The highest BCUT2D eigenvalue weighted by molar-refractivity contribution is 7.92. The number of anilines is 2. The maximum atomic E-state index is 12.6. The maximum absolute atomic E-state index is 12.6. The topological polar surface area (TPSA) is 132 Å². The molecule has 10 nitrogen and oxygen atoms in total. The molecule has 0 aliphatic rings. The van der Waals surface area contributed by atoms with Gasteiger partial charge in [0.1, 0.15) is 11.5 Å². The van der Waals surface area contributed by atoms with Crippen molar-refractivity contribution in [1.82, 2.24) is 15.3 Å². The Bertz CT molecular complexity index is 1280. The summed E-state index contributed by atoms with van der Waals surface area (Å²) < 4.78 is 38.4. The Labute approximate surface area is 209 Å². The first-order chi connectivity index (χ1) is 16.6. The van der Waals surface area contributed by atoms with Gasteiger partial charge < -0.3 is 14.8 Å². The molecule has 3 rings (SSSR count). The van der Waals surface area contributed by atoms with Crippen LogP contribution in [0, 0.1) is 13.8 Å². The largest absolute Gasteiger partial charge is 0.494 e. The van der Waals surface area contributed by atoms with Crippen molar-refractivity contribution in [2.24, 2.45) is 0 Å². The van der Waals surface area contributed by atoms with Crippen LogP contribution < -0.4 is 24.8 Å². The molecule has 0 saturated carbocycles. The van der Waals surface area contributed by atoms with Crippen molar-refractivity contribution in [3.05, 3.63) is 66.0 Å². The maximum Gasteiger partial charge on any atom is 0.264 e. The summed E-state index contributed by atoms with van der Waals surface area (Å²) in [6.45, 7) is 5.72. The van der Waals surface area contributed by atoms with Crippen LogP contribution in [0.4, 0.5) is 11.6 Å². The quantitative estimate of drug-likeness (QED) is 0.368. The Hall–Kier alpha value is -3.77. The number of nitrogens with zero attached hydrogens (tertiary/aromatic N) is 2. The SMILES string of the molecule is CCOc1ccc(OCC(=O)NC(=S)Nc2ccc(S(=O)(=O)Nc3nc(C)cc(C)n3)cc2)cc1. The first-order valence-electron chi connectivity index (χ1n) is 10.6. The number of nitrogens with one attached hydrogen (secondary N) is 3. The summed E-state index contributed by atoms with van der Waals surface area (Å²) in [6, 6.07) is 14.5. The number of benzene rings is 2. The summed E-state index contributed by atoms with van der Waals surface area (Å²) in [6.07, 6.45) is 0. The monoisotopic (exact) mass is 515 g/mol. The Morgan fingerprint density at radius 3 is 2.09 bits per heavy atom. The molecule has 3 aromatic rings. The van der Waals surface area contributed by atoms with E-state index >= 15 is 0 Å². The second-order valence-electron chi connectivity index (χ2n) is 7.30. The summed E-state index contributed by atoms with van der Waals surface area (Å²) in [5, 5.41) is 5.37. The number of hydrogen-bond acceptors (Lipinski definition) is 8. The van der Waals surface area contributed by atoms with Gasteiger partial charge in [0.25, 0.3) is 15.9 Å². The van der Waals surface area contributed by atoms with E-state index in [1.165, 1.54) is 24.3 Å². The van der Waals surface area contributed by atoms with E-state index in [2.05, 4.69) is 25.3 Å². The number of sulfonamides is 1. The Morgan fingerprint density at radius 2 is 1.51 bits per heavy atom. The molecule has 1 heterocycles. The van der Waals surface area contributed by atoms with Crippen LogP contribution in [0.1, 0.15) is 18.3 Å². The van der Waals surface area contributed by atoms with Gasteiger partial charge in [0, 0.05) is 17.1 Å². The molecule has 0 unspecified atom stereocenters. The number of aryl methyl sites for hydroxylation is 2. The van der Waals surface area contributed by atoms with Crippen molar-refractivity contribution in [1.29, 1.82) is 0 Å². The molecule has 12 heteroatoms. The van der Waals surface area contributed by atoms with E-state index in [1.807, 2.05) is 6.92 Å². The van der Waals surface area contributed by atoms with Gasteiger partial charge >= 0.3 is 0 Å². The highest BCUT2D eigenvalue weighted by atomic mass is 32.2. The van der Waals surface area contributed by atoms with Crippen LogP contribution in [-0.2, 0) is 14.8 Å². The Kier molecular flexibility index (Phi) is 8.55. The smallest absolute Gasteiger partial charge is 0.264 e. The van der Waals surface area contributed by atoms with Crippen molar-refractivity contribution in [2.75, 3.05) is 23.3 Å². The minimum Gasteiger partial charge on any atom is -0.494 e. The lowest BCUT2D eigenvalue weighted by Gasteiger charge is -2.12. The summed E-state index contributed by atoms with van der Waals surface area (Å²) in [4.78, 5) is 20.3.